The molecule has 7 heteroatoms. The molecule has 0 spiro atoms. The number of nitrogens with zero attached hydrogens (tertiary/aromatic N) is 3. The number of aliphatic hydroxyl groups is 1. The topological polar surface area (TPSA) is 73.3 Å². The molecule has 0 radical (unpaired) electrons. The largest absolute Gasteiger partial charge is 0.507 e. The summed E-state index contributed by atoms with van der Waals surface area (Å²) in [5.74, 6) is -0.886. The molecule has 0 bridgehead atoms. The third kappa shape index (κ3) is 6.40. The van der Waals surface area contributed by atoms with E-state index >= 15 is 0 Å². The summed E-state index contributed by atoms with van der Waals surface area (Å²) in [6.45, 7) is 8.71. The molecule has 1 heterocycles. The lowest BCUT2D eigenvalue weighted by Gasteiger charge is -2.27. The predicted octanol–water partition coefficient (Wildman–Crippen LogP) is 6.79. The maximum Gasteiger partial charge on any atom is 0.300 e. The number of unbranched alkanes of at least 4 members (excludes halogenated alkanes) is 2. The first kappa shape index (κ1) is 29.7. The number of carbonyl (C=O) groups is 2. The maximum absolute atomic E-state index is 13.6. The molecule has 1 saturated heterocycles. The van der Waals surface area contributed by atoms with Gasteiger partial charge in [0, 0.05) is 49.8 Å². The normalized spacial score (nSPS) is 16.2. The number of hydrogen-bond acceptors (Lipinski definition) is 6. The Balaban J connectivity index is 1.76. The molecule has 1 fully saturated rings. The fourth-order valence-corrected chi connectivity index (χ4v) is 5.19. The molecular formula is C34H41N3O4. The lowest BCUT2D eigenvalue weighted by molar-refractivity contribution is -0.132. The van der Waals surface area contributed by atoms with Gasteiger partial charge >= 0.3 is 0 Å². The summed E-state index contributed by atoms with van der Waals surface area (Å²) >= 11 is 0. The molecule has 1 amide bonds. The smallest absolute Gasteiger partial charge is 0.300 e. The monoisotopic (exact) mass is 555 g/mol. The molecule has 3 aromatic carbocycles. The van der Waals surface area contributed by atoms with E-state index in [2.05, 4.69) is 25.7 Å². The number of amides is 1. The zero-order chi connectivity index (χ0) is 29.5. The molecule has 3 aromatic rings. The predicted molar refractivity (Wildman–Crippen MR) is 167 cm³/mol. The van der Waals surface area contributed by atoms with E-state index in [0.29, 0.717) is 23.6 Å². The highest BCUT2D eigenvalue weighted by atomic mass is 16.5. The van der Waals surface area contributed by atoms with Crippen LogP contribution in [0.3, 0.4) is 0 Å². The van der Waals surface area contributed by atoms with E-state index in [9.17, 15) is 14.7 Å². The van der Waals surface area contributed by atoms with Crippen LogP contribution in [0, 0.1) is 0 Å². The quantitative estimate of drug-likeness (QED) is 0.115. The van der Waals surface area contributed by atoms with E-state index in [1.165, 1.54) is 4.90 Å². The van der Waals surface area contributed by atoms with Crippen LogP contribution in [0.5, 0.6) is 5.75 Å². The number of carbonyl (C=O) groups excluding carboxylic acids is 2. The molecule has 0 saturated carbocycles. The van der Waals surface area contributed by atoms with Gasteiger partial charge in [0.2, 0.25) is 0 Å². The van der Waals surface area contributed by atoms with Crippen LogP contribution in [0.4, 0.5) is 17.1 Å². The Bertz CT molecular complexity index is 1360. The summed E-state index contributed by atoms with van der Waals surface area (Å²) in [7, 11) is 3.89. The second-order valence-corrected chi connectivity index (χ2v) is 10.4. The number of ketones is 1. The standard InChI is InChI=1S/C34H41N3O4/c1-6-9-10-23-41-29-21-13-25(14-22-29)32(38)30-31(24-11-15-27(16-12-24)36(7-2)8-3)37(34(40)33(30)39)28-19-17-26(18-20-28)35(4)5/h11-22,31,38H,6-10,23H2,1-5H3/b32-30+. The van der Waals surface area contributed by atoms with Gasteiger partial charge in [0.25, 0.3) is 11.7 Å². The number of anilines is 3. The van der Waals surface area contributed by atoms with E-state index in [-0.39, 0.29) is 11.3 Å². The Hall–Kier alpha value is -4.26. The average Bonchev–Trinajstić information content (AvgIpc) is 3.26. The Labute approximate surface area is 243 Å². The van der Waals surface area contributed by atoms with Crippen LogP contribution < -0.4 is 19.4 Å². The molecule has 1 aliphatic heterocycles. The molecular weight excluding hydrogens is 514 g/mol. The number of hydrogen-bond donors (Lipinski definition) is 1. The average molecular weight is 556 g/mol. The molecule has 7 nitrogen and oxygen atoms in total. The molecule has 0 aromatic heterocycles. The molecule has 41 heavy (non-hydrogen) atoms. The summed E-state index contributed by atoms with van der Waals surface area (Å²) in [6.07, 6.45) is 3.20. The maximum atomic E-state index is 13.6. The molecule has 1 atom stereocenters. The van der Waals surface area contributed by atoms with Crippen LogP contribution in [-0.4, -0.2) is 50.6 Å². The third-order valence-electron chi connectivity index (χ3n) is 7.57. The van der Waals surface area contributed by atoms with Crippen molar-refractivity contribution >= 4 is 34.5 Å². The van der Waals surface area contributed by atoms with E-state index in [1.807, 2.05) is 67.5 Å². The van der Waals surface area contributed by atoms with Crippen LogP contribution in [0.25, 0.3) is 5.76 Å². The van der Waals surface area contributed by atoms with Crippen LogP contribution in [-0.2, 0) is 9.59 Å². The summed E-state index contributed by atoms with van der Waals surface area (Å²) in [4.78, 5) is 32.8. The van der Waals surface area contributed by atoms with Gasteiger partial charge < -0.3 is 19.6 Å². The van der Waals surface area contributed by atoms with Crippen LogP contribution in [0.15, 0.2) is 78.4 Å². The minimum Gasteiger partial charge on any atom is -0.507 e. The minimum absolute atomic E-state index is 0.0684. The fraction of sp³-hybridized carbons (Fsp3) is 0.353. The van der Waals surface area contributed by atoms with Crippen LogP contribution >= 0.6 is 0 Å². The van der Waals surface area contributed by atoms with Gasteiger partial charge in [0.1, 0.15) is 11.5 Å². The van der Waals surface area contributed by atoms with Crippen molar-refractivity contribution in [3.05, 3.63) is 89.5 Å². The minimum atomic E-state index is -0.782. The van der Waals surface area contributed by atoms with E-state index in [4.69, 9.17) is 4.74 Å². The second-order valence-electron chi connectivity index (χ2n) is 10.4. The Kier molecular flexibility index (Phi) is 9.71. The van der Waals surface area contributed by atoms with Crippen molar-refractivity contribution in [3.8, 4) is 5.75 Å². The highest BCUT2D eigenvalue weighted by Gasteiger charge is 2.47. The Morgan fingerprint density at radius 1 is 0.829 bits per heavy atom. The first-order chi connectivity index (χ1) is 19.8. The van der Waals surface area contributed by atoms with Gasteiger partial charge in [-0.3, -0.25) is 14.5 Å². The molecule has 216 valence electrons. The fourth-order valence-electron chi connectivity index (χ4n) is 5.19. The van der Waals surface area contributed by atoms with Crippen LogP contribution in [0.1, 0.15) is 57.2 Å². The van der Waals surface area contributed by atoms with Crippen LogP contribution in [0.2, 0.25) is 0 Å². The van der Waals surface area contributed by atoms with Gasteiger partial charge in [-0.05, 0) is 86.5 Å². The van der Waals surface area contributed by atoms with Crippen molar-refractivity contribution in [2.24, 2.45) is 0 Å². The molecule has 0 aliphatic carbocycles. The zero-order valence-electron chi connectivity index (χ0n) is 24.8. The first-order valence-corrected chi connectivity index (χ1v) is 14.5. The highest BCUT2D eigenvalue weighted by Crippen LogP contribution is 2.43. The number of benzene rings is 3. The van der Waals surface area contributed by atoms with E-state index in [1.54, 1.807) is 24.3 Å². The first-order valence-electron chi connectivity index (χ1n) is 14.5. The lowest BCUT2D eigenvalue weighted by atomic mass is 9.94. The van der Waals surface area contributed by atoms with Crippen molar-refractivity contribution in [1.29, 1.82) is 0 Å². The Morgan fingerprint density at radius 3 is 2.00 bits per heavy atom. The van der Waals surface area contributed by atoms with Gasteiger partial charge in [0.05, 0.1) is 18.2 Å². The van der Waals surface area contributed by atoms with E-state index < -0.39 is 17.7 Å². The van der Waals surface area contributed by atoms with Gasteiger partial charge in [-0.15, -0.1) is 0 Å². The molecule has 1 aliphatic rings. The number of Topliss-reactive ketones (excluding diaryl/α,β-unsaturated/α-hetero) is 1. The molecule has 1 N–H and O–H groups in total. The Morgan fingerprint density at radius 2 is 1.44 bits per heavy atom. The van der Waals surface area contributed by atoms with Gasteiger partial charge in [-0.25, -0.2) is 0 Å². The third-order valence-corrected chi connectivity index (χ3v) is 7.57. The summed E-state index contributed by atoms with van der Waals surface area (Å²) in [5, 5.41) is 11.5. The molecule has 1 unspecified atom stereocenters. The van der Waals surface area contributed by atoms with E-state index in [0.717, 1.165) is 49.3 Å². The summed E-state index contributed by atoms with van der Waals surface area (Å²) in [6, 6.07) is 21.6. The number of ether oxygens (including phenoxy) is 1. The lowest BCUT2D eigenvalue weighted by Crippen LogP contribution is -2.29. The zero-order valence-corrected chi connectivity index (χ0v) is 24.8. The van der Waals surface area contributed by atoms with Crippen molar-refractivity contribution in [1.82, 2.24) is 0 Å². The highest BCUT2D eigenvalue weighted by molar-refractivity contribution is 6.51. The van der Waals surface area contributed by atoms with Crippen molar-refractivity contribution in [3.63, 3.8) is 0 Å². The van der Waals surface area contributed by atoms with Gasteiger partial charge in [-0.1, -0.05) is 31.9 Å². The number of rotatable bonds is 12. The van der Waals surface area contributed by atoms with Crippen molar-refractivity contribution in [2.45, 2.75) is 46.1 Å². The van der Waals surface area contributed by atoms with Gasteiger partial charge in [-0.2, -0.15) is 0 Å². The van der Waals surface area contributed by atoms with Gasteiger partial charge in [0.15, 0.2) is 0 Å². The van der Waals surface area contributed by atoms with Crippen molar-refractivity contribution < 1.29 is 19.4 Å². The number of aliphatic hydroxyl groups excluding tert-OH is 1. The SMILES string of the molecule is CCCCCOc1ccc(/C(O)=C2\C(=O)C(=O)N(c3ccc(N(C)C)cc3)C2c2ccc(N(CC)CC)cc2)cc1. The summed E-state index contributed by atoms with van der Waals surface area (Å²) in [5.41, 5.74) is 3.89. The van der Waals surface area contributed by atoms with Crippen molar-refractivity contribution in [2.75, 3.05) is 48.5 Å². The summed E-state index contributed by atoms with van der Waals surface area (Å²) < 4.78 is 5.81. The molecule has 4 rings (SSSR count). The second kappa shape index (κ2) is 13.4.